The highest BCUT2D eigenvalue weighted by atomic mass is 35.5. The first-order valence-corrected chi connectivity index (χ1v) is 11.7. The van der Waals surface area contributed by atoms with Gasteiger partial charge in [-0.05, 0) is 19.1 Å². The maximum Gasteiger partial charge on any atom is 0.259 e. The second kappa shape index (κ2) is 9.45. The number of halogens is 1. The van der Waals surface area contributed by atoms with Gasteiger partial charge in [0.25, 0.3) is 5.91 Å². The van der Waals surface area contributed by atoms with E-state index in [0.717, 1.165) is 18.8 Å². The minimum atomic E-state index is -0.363. The third kappa shape index (κ3) is 4.49. The lowest BCUT2D eigenvalue weighted by atomic mass is 10.0. The number of ether oxygens (including phenoxy) is 2. The van der Waals surface area contributed by atoms with E-state index in [1.54, 1.807) is 12.3 Å². The number of anilines is 2. The van der Waals surface area contributed by atoms with E-state index >= 15 is 0 Å². The molecule has 4 aromatic rings. The molecule has 0 saturated carbocycles. The maximum atomic E-state index is 13.3. The average molecular weight is 498 g/mol. The molecule has 0 unspecified atom stereocenters. The Morgan fingerprint density at radius 1 is 1.12 bits per heavy atom. The van der Waals surface area contributed by atoms with Crippen molar-refractivity contribution in [3.05, 3.63) is 47.1 Å². The summed E-state index contributed by atoms with van der Waals surface area (Å²) in [5, 5.41) is 3.57. The molecule has 1 fully saturated rings. The van der Waals surface area contributed by atoms with Crippen molar-refractivity contribution in [3.63, 3.8) is 0 Å². The molecule has 0 spiro atoms. The standard InChI is InChI=1S/C22H20ClN7O3S/c1-12-7-13(14-8-18(23)25-11-17(14)32-2)15(9-24-12)19(31)28-22-27-16-10-26-21(29-20(16)34-22)30-3-5-33-6-4-30/h7-11H,3-6H2,1-2H3,(H,27,28,31). The first kappa shape index (κ1) is 22.4. The smallest absolute Gasteiger partial charge is 0.259 e. The highest BCUT2D eigenvalue weighted by molar-refractivity contribution is 7.22. The van der Waals surface area contributed by atoms with Crippen molar-refractivity contribution in [2.75, 3.05) is 43.6 Å². The van der Waals surface area contributed by atoms with Crippen LogP contribution in [0.2, 0.25) is 5.15 Å². The van der Waals surface area contributed by atoms with Crippen LogP contribution in [0.4, 0.5) is 11.1 Å². The van der Waals surface area contributed by atoms with Crippen LogP contribution in [0.25, 0.3) is 21.5 Å². The summed E-state index contributed by atoms with van der Waals surface area (Å²) < 4.78 is 10.8. The SMILES string of the molecule is COc1cnc(Cl)cc1-c1cc(C)ncc1C(=O)Nc1nc2cnc(N3CCOCC3)nc2s1. The van der Waals surface area contributed by atoms with Gasteiger partial charge in [-0.25, -0.2) is 15.0 Å². The van der Waals surface area contributed by atoms with E-state index in [9.17, 15) is 4.79 Å². The fourth-order valence-electron chi connectivity index (χ4n) is 3.61. The van der Waals surface area contributed by atoms with E-state index in [0.29, 0.717) is 57.1 Å². The predicted octanol–water partition coefficient (Wildman–Crippen LogP) is 3.60. The van der Waals surface area contributed by atoms with Gasteiger partial charge in [0.2, 0.25) is 5.95 Å². The first-order valence-electron chi connectivity index (χ1n) is 10.5. The van der Waals surface area contributed by atoms with Crippen LogP contribution < -0.4 is 15.0 Å². The van der Waals surface area contributed by atoms with Crippen molar-refractivity contribution in [2.24, 2.45) is 0 Å². The van der Waals surface area contributed by atoms with E-state index in [1.807, 2.05) is 13.0 Å². The Labute approximate surface area is 204 Å². The summed E-state index contributed by atoms with van der Waals surface area (Å²) in [5.74, 6) is 0.761. The van der Waals surface area contributed by atoms with Gasteiger partial charge in [0.05, 0.1) is 38.3 Å². The zero-order valence-electron chi connectivity index (χ0n) is 18.4. The molecular formula is C22H20ClN7O3S. The lowest BCUT2D eigenvalue weighted by Gasteiger charge is -2.26. The Kier molecular flexibility index (Phi) is 6.22. The second-order valence-corrected chi connectivity index (χ2v) is 8.88. The molecule has 4 aromatic heterocycles. The number of hydrogen-bond acceptors (Lipinski definition) is 10. The van der Waals surface area contributed by atoms with E-state index < -0.39 is 0 Å². The van der Waals surface area contributed by atoms with Gasteiger partial charge >= 0.3 is 0 Å². The minimum absolute atomic E-state index is 0.289. The van der Waals surface area contributed by atoms with Crippen molar-refractivity contribution >= 4 is 50.3 Å². The monoisotopic (exact) mass is 497 g/mol. The van der Waals surface area contributed by atoms with Gasteiger partial charge < -0.3 is 14.4 Å². The fourth-order valence-corrected chi connectivity index (χ4v) is 4.57. The van der Waals surface area contributed by atoms with Gasteiger partial charge in [0, 0.05) is 36.1 Å². The van der Waals surface area contributed by atoms with Gasteiger partial charge in [0.15, 0.2) is 9.96 Å². The van der Waals surface area contributed by atoms with E-state index in [-0.39, 0.29) is 11.1 Å². The molecule has 1 aliphatic rings. The highest BCUT2D eigenvalue weighted by Gasteiger charge is 2.20. The number of aromatic nitrogens is 5. The first-order chi connectivity index (χ1) is 16.5. The molecule has 34 heavy (non-hydrogen) atoms. The molecule has 0 aromatic carbocycles. The van der Waals surface area contributed by atoms with Crippen LogP contribution >= 0.6 is 22.9 Å². The van der Waals surface area contributed by atoms with E-state index in [2.05, 4.69) is 35.1 Å². The van der Waals surface area contributed by atoms with Crippen molar-refractivity contribution in [1.82, 2.24) is 24.9 Å². The summed E-state index contributed by atoms with van der Waals surface area (Å²) in [4.78, 5) is 37.9. The average Bonchev–Trinajstić information content (AvgIpc) is 3.25. The molecule has 1 amide bonds. The minimum Gasteiger partial charge on any atom is -0.494 e. The number of pyridine rings is 2. The van der Waals surface area contributed by atoms with Gasteiger partial charge in [-0.1, -0.05) is 22.9 Å². The summed E-state index contributed by atoms with van der Waals surface area (Å²) in [7, 11) is 1.54. The molecule has 10 nitrogen and oxygen atoms in total. The molecule has 1 saturated heterocycles. The van der Waals surface area contributed by atoms with E-state index in [1.165, 1.54) is 30.8 Å². The van der Waals surface area contributed by atoms with Gasteiger partial charge in [-0.15, -0.1) is 0 Å². The number of fused-ring (bicyclic) bond motifs is 1. The summed E-state index contributed by atoms with van der Waals surface area (Å²) >= 11 is 7.41. The third-order valence-electron chi connectivity index (χ3n) is 5.28. The van der Waals surface area contributed by atoms with Crippen molar-refractivity contribution in [1.29, 1.82) is 0 Å². The Balaban J connectivity index is 1.45. The molecule has 5 heterocycles. The largest absolute Gasteiger partial charge is 0.494 e. The maximum absolute atomic E-state index is 13.3. The van der Waals surface area contributed by atoms with Gasteiger partial charge in [0.1, 0.15) is 16.4 Å². The predicted molar refractivity (Wildman–Crippen MR) is 130 cm³/mol. The number of morpholine rings is 1. The highest BCUT2D eigenvalue weighted by Crippen LogP contribution is 2.34. The molecule has 0 aliphatic carbocycles. The number of nitrogens with one attached hydrogen (secondary N) is 1. The Bertz CT molecular complexity index is 1370. The second-order valence-electron chi connectivity index (χ2n) is 7.51. The molecule has 12 heteroatoms. The number of carbonyl (C=O) groups excluding carboxylic acids is 1. The topological polar surface area (TPSA) is 115 Å². The molecule has 5 rings (SSSR count). The van der Waals surface area contributed by atoms with Crippen LogP contribution in [-0.4, -0.2) is 64.2 Å². The van der Waals surface area contributed by atoms with Crippen molar-refractivity contribution in [2.45, 2.75) is 6.92 Å². The van der Waals surface area contributed by atoms with Crippen LogP contribution in [0.5, 0.6) is 5.75 Å². The Hall–Kier alpha value is -3.41. The lowest BCUT2D eigenvalue weighted by molar-refractivity contribution is 0.102. The number of amides is 1. The van der Waals surface area contributed by atoms with E-state index in [4.69, 9.17) is 21.1 Å². The normalized spacial score (nSPS) is 13.8. The summed E-state index contributed by atoms with van der Waals surface area (Å²) in [6.45, 7) is 4.61. The molecular weight excluding hydrogens is 478 g/mol. The quantitative estimate of drug-likeness (QED) is 0.413. The van der Waals surface area contributed by atoms with Crippen LogP contribution in [0, 0.1) is 6.92 Å². The van der Waals surface area contributed by atoms with Crippen LogP contribution in [-0.2, 0) is 4.74 Å². The van der Waals surface area contributed by atoms with Crippen LogP contribution in [0.3, 0.4) is 0 Å². The fraction of sp³-hybridized carbons (Fsp3) is 0.273. The number of aryl methyl sites for hydroxylation is 1. The summed E-state index contributed by atoms with van der Waals surface area (Å²) in [6, 6.07) is 3.47. The number of rotatable bonds is 5. The molecule has 1 N–H and O–H groups in total. The molecule has 0 radical (unpaired) electrons. The van der Waals surface area contributed by atoms with Crippen molar-refractivity contribution < 1.29 is 14.3 Å². The molecule has 0 atom stereocenters. The van der Waals surface area contributed by atoms with Gasteiger partial charge in [-0.3, -0.25) is 15.1 Å². The molecule has 174 valence electrons. The molecule has 1 aliphatic heterocycles. The number of carbonyl (C=O) groups is 1. The van der Waals surface area contributed by atoms with Crippen molar-refractivity contribution in [3.8, 4) is 16.9 Å². The third-order valence-corrected chi connectivity index (χ3v) is 6.37. The summed E-state index contributed by atoms with van der Waals surface area (Å²) in [5.41, 5.74) is 2.98. The number of methoxy groups -OCH3 is 1. The zero-order valence-corrected chi connectivity index (χ0v) is 20.0. The van der Waals surface area contributed by atoms with Crippen LogP contribution in [0.15, 0.2) is 30.7 Å². The molecule has 0 bridgehead atoms. The number of hydrogen-bond donors (Lipinski definition) is 1. The number of nitrogens with zero attached hydrogens (tertiary/aromatic N) is 6. The number of thiazole rings is 1. The Morgan fingerprint density at radius 3 is 2.74 bits per heavy atom. The van der Waals surface area contributed by atoms with Gasteiger partial charge in [-0.2, -0.15) is 4.98 Å². The van der Waals surface area contributed by atoms with Crippen LogP contribution in [0.1, 0.15) is 16.1 Å². The lowest BCUT2D eigenvalue weighted by Crippen LogP contribution is -2.37. The zero-order chi connectivity index (χ0) is 23.7. The summed E-state index contributed by atoms with van der Waals surface area (Å²) in [6.07, 6.45) is 4.72. The Morgan fingerprint density at radius 2 is 1.94 bits per heavy atom.